The summed E-state index contributed by atoms with van der Waals surface area (Å²) in [6.07, 6.45) is 0. The van der Waals surface area contributed by atoms with Gasteiger partial charge in [-0.15, -0.1) is 0 Å². The summed E-state index contributed by atoms with van der Waals surface area (Å²) >= 11 is 0. The Kier molecular flexibility index (Phi) is 5.96. The first-order valence-corrected chi connectivity index (χ1v) is 7.00. The second-order valence-corrected chi connectivity index (χ2v) is 5.57. The van der Waals surface area contributed by atoms with Gasteiger partial charge >= 0.3 is 5.97 Å². The zero-order valence-electron chi connectivity index (χ0n) is 13.3. The van der Waals surface area contributed by atoms with E-state index in [-0.39, 0.29) is 11.6 Å². The molecule has 0 aliphatic heterocycles. The van der Waals surface area contributed by atoms with Crippen LogP contribution in [0.25, 0.3) is 0 Å². The summed E-state index contributed by atoms with van der Waals surface area (Å²) in [5.41, 5.74) is 1.59. The number of rotatable bonds is 7. The van der Waals surface area contributed by atoms with Crippen LogP contribution in [-0.2, 0) is 4.74 Å². The van der Waals surface area contributed by atoms with E-state index in [1.54, 1.807) is 25.9 Å². The number of carbonyl (C=O) groups is 2. The number of carbonyl (C=O) groups excluding carboxylic acids is 1. The van der Waals surface area contributed by atoms with Gasteiger partial charge in [-0.25, -0.2) is 4.79 Å². The third kappa shape index (κ3) is 4.07. The van der Waals surface area contributed by atoms with Gasteiger partial charge in [0.1, 0.15) is 5.69 Å². The fraction of sp³-hybridized carbons (Fsp3) is 0.600. The van der Waals surface area contributed by atoms with Crippen molar-refractivity contribution in [1.29, 1.82) is 0 Å². The summed E-state index contributed by atoms with van der Waals surface area (Å²) in [5, 5.41) is 9.13. The van der Waals surface area contributed by atoms with Crippen LogP contribution in [0.3, 0.4) is 0 Å². The maximum atomic E-state index is 12.7. The molecule has 0 saturated heterocycles. The highest BCUT2D eigenvalue weighted by atomic mass is 16.5. The van der Waals surface area contributed by atoms with Gasteiger partial charge in [-0.3, -0.25) is 4.79 Å². The van der Waals surface area contributed by atoms with Crippen molar-refractivity contribution in [2.24, 2.45) is 5.92 Å². The number of methoxy groups -OCH3 is 1. The molecule has 0 unspecified atom stereocenters. The lowest BCUT2D eigenvalue weighted by Gasteiger charge is -2.24. The molecule has 6 nitrogen and oxygen atoms in total. The standard InChI is InChI=1S/C15H24N2O4/c1-9(2)8-17(6-7-21-5)14(18)12-10(3)13(15(19)20)16-11(12)4/h9,16H,6-8H2,1-5H3,(H,19,20). The molecule has 21 heavy (non-hydrogen) atoms. The Labute approximate surface area is 125 Å². The zero-order valence-corrected chi connectivity index (χ0v) is 13.3. The van der Waals surface area contributed by atoms with Crippen LogP contribution in [0.15, 0.2) is 0 Å². The molecule has 118 valence electrons. The Morgan fingerprint density at radius 1 is 1.33 bits per heavy atom. The number of ether oxygens (including phenoxy) is 1. The van der Waals surface area contributed by atoms with Gasteiger partial charge in [0.25, 0.3) is 5.91 Å². The zero-order chi connectivity index (χ0) is 16.2. The van der Waals surface area contributed by atoms with Crippen molar-refractivity contribution in [1.82, 2.24) is 9.88 Å². The molecule has 6 heteroatoms. The van der Waals surface area contributed by atoms with E-state index in [9.17, 15) is 9.59 Å². The van der Waals surface area contributed by atoms with E-state index in [0.29, 0.717) is 42.4 Å². The van der Waals surface area contributed by atoms with Gasteiger partial charge in [-0.1, -0.05) is 13.8 Å². The second-order valence-electron chi connectivity index (χ2n) is 5.57. The van der Waals surface area contributed by atoms with E-state index in [2.05, 4.69) is 4.98 Å². The molecule has 1 aromatic heterocycles. The highest BCUT2D eigenvalue weighted by molar-refractivity contribution is 6.00. The summed E-state index contributed by atoms with van der Waals surface area (Å²) in [7, 11) is 1.59. The fourth-order valence-electron chi connectivity index (χ4n) is 2.36. The number of aromatic carboxylic acids is 1. The highest BCUT2D eigenvalue weighted by Crippen LogP contribution is 2.20. The van der Waals surface area contributed by atoms with Gasteiger partial charge in [-0.05, 0) is 25.3 Å². The minimum absolute atomic E-state index is 0.0760. The number of nitrogens with one attached hydrogen (secondary N) is 1. The van der Waals surface area contributed by atoms with E-state index in [1.165, 1.54) is 0 Å². The van der Waals surface area contributed by atoms with Gasteiger partial charge in [0.05, 0.1) is 12.2 Å². The van der Waals surface area contributed by atoms with Crippen LogP contribution in [0.2, 0.25) is 0 Å². The van der Waals surface area contributed by atoms with E-state index in [4.69, 9.17) is 9.84 Å². The minimum Gasteiger partial charge on any atom is -0.477 e. The molecule has 1 amide bonds. The molecule has 0 aliphatic carbocycles. The van der Waals surface area contributed by atoms with Gasteiger partial charge < -0.3 is 19.7 Å². The average molecular weight is 296 g/mol. The molecule has 0 aromatic carbocycles. The molecular weight excluding hydrogens is 272 g/mol. The topological polar surface area (TPSA) is 82.6 Å². The lowest BCUT2D eigenvalue weighted by atomic mass is 10.1. The molecule has 0 bridgehead atoms. The smallest absolute Gasteiger partial charge is 0.352 e. The van der Waals surface area contributed by atoms with Crippen molar-refractivity contribution in [3.05, 3.63) is 22.5 Å². The number of carboxylic acids is 1. The Bertz CT molecular complexity index is 520. The Morgan fingerprint density at radius 2 is 1.95 bits per heavy atom. The Morgan fingerprint density at radius 3 is 2.38 bits per heavy atom. The van der Waals surface area contributed by atoms with Crippen molar-refractivity contribution in [2.45, 2.75) is 27.7 Å². The van der Waals surface area contributed by atoms with Gasteiger partial charge in [0, 0.05) is 25.9 Å². The predicted molar refractivity (Wildman–Crippen MR) is 79.8 cm³/mol. The molecule has 2 N–H and O–H groups in total. The fourth-order valence-corrected chi connectivity index (χ4v) is 2.36. The molecule has 0 saturated carbocycles. The molecule has 0 fully saturated rings. The van der Waals surface area contributed by atoms with Crippen LogP contribution in [-0.4, -0.2) is 53.7 Å². The first-order valence-electron chi connectivity index (χ1n) is 7.00. The van der Waals surface area contributed by atoms with E-state index >= 15 is 0 Å². The maximum absolute atomic E-state index is 12.7. The molecular formula is C15H24N2O4. The molecule has 0 radical (unpaired) electrons. The molecule has 1 heterocycles. The average Bonchev–Trinajstić information content (AvgIpc) is 2.69. The van der Waals surface area contributed by atoms with Crippen LogP contribution >= 0.6 is 0 Å². The molecule has 1 rings (SSSR count). The lowest BCUT2D eigenvalue weighted by molar-refractivity contribution is 0.0671. The van der Waals surface area contributed by atoms with Crippen molar-refractivity contribution in [3.8, 4) is 0 Å². The number of aromatic amines is 1. The number of carboxylic acid groups (broad SMARTS) is 1. The normalized spacial score (nSPS) is 11.0. The molecule has 0 aliphatic rings. The molecule has 0 spiro atoms. The maximum Gasteiger partial charge on any atom is 0.352 e. The number of amides is 1. The lowest BCUT2D eigenvalue weighted by Crippen LogP contribution is -2.37. The Hall–Kier alpha value is -1.82. The summed E-state index contributed by atoms with van der Waals surface area (Å²) in [6, 6.07) is 0. The second kappa shape index (κ2) is 7.26. The van der Waals surface area contributed by atoms with Crippen molar-refractivity contribution >= 4 is 11.9 Å². The van der Waals surface area contributed by atoms with E-state index in [1.807, 2.05) is 13.8 Å². The third-order valence-electron chi connectivity index (χ3n) is 3.30. The number of aryl methyl sites for hydroxylation is 1. The first kappa shape index (κ1) is 17.2. The SMILES string of the molecule is COCCN(CC(C)C)C(=O)c1c(C)[nH]c(C(=O)O)c1C. The number of nitrogens with zero attached hydrogens (tertiary/aromatic N) is 1. The highest BCUT2D eigenvalue weighted by Gasteiger charge is 2.25. The van der Waals surface area contributed by atoms with Crippen LogP contribution in [0, 0.1) is 19.8 Å². The number of hydrogen-bond acceptors (Lipinski definition) is 3. The van der Waals surface area contributed by atoms with Crippen molar-refractivity contribution in [3.63, 3.8) is 0 Å². The number of hydrogen-bond donors (Lipinski definition) is 2. The first-order chi connectivity index (χ1) is 9.79. The Balaban J connectivity index is 3.11. The van der Waals surface area contributed by atoms with Crippen molar-refractivity contribution in [2.75, 3.05) is 26.8 Å². The van der Waals surface area contributed by atoms with Crippen molar-refractivity contribution < 1.29 is 19.4 Å². The molecule has 0 atom stereocenters. The largest absolute Gasteiger partial charge is 0.477 e. The van der Waals surface area contributed by atoms with Crippen LogP contribution in [0.1, 0.15) is 46.0 Å². The summed E-state index contributed by atoms with van der Waals surface area (Å²) in [4.78, 5) is 28.4. The van der Waals surface area contributed by atoms with Gasteiger partial charge in [0.15, 0.2) is 0 Å². The van der Waals surface area contributed by atoms with E-state index < -0.39 is 5.97 Å². The van der Waals surface area contributed by atoms with Crippen LogP contribution in [0.4, 0.5) is 0 Å². The predicted octanol–water partition coefficient (Wildman–Crippen LogP) is 2.07. The number of aromatic nitrogens is 1. The van der Waals surface area contributed by atoms with Crippen LogP contribution in [0.5, 0.6) is 0 Å². The monoisotopic (exact) mass is 296 g/mol. The number of H-pyrrole nitrogens is 1. The summed E-state index contributed by atoms with van der Waals surface area (Å²) < 4.78 is 5.05. The summed E-state index contributed by atoms with van der Waals surface area (Å²) in [5.74, 6) is -0.884. The van der Waals surface area contributed by atoms with E-state index in [0.717, 1.165) is 0 Å². The third-order valence-corrected chi connectivity index (χ3v) is 3.30. The summed E-state index contributed by atoms with van der Waals surface area (Å²) in [6.45, 7) is 8.99. The van der Waals surface area contributed by atoms with Gasteiger partial charge in [-0.2, -0.15) is 0 Å². The van der Waals surface area contributed by atoms with Crippen LogP contribution < -0.4 is 0 Å². The molecule has 1 aromatic rings. The minimum atomic E-state index is -1.05. The van der Waals surface area contributed by atoms with Gasteiger partial charge in [0.2, 0.25) is 0 Å². The quantitative estimate of drug-likeness (QED) is 0.807.